The fraction of sp³-hybridized carbons (Fsp3) is 0.452. The van der Waals surface area contributed by atoms with Crippen molar-refractivity contribution in [2.24, 2.45) is 0 Å². The summed E-state index contributed by atoms with van der Waals surface area (Å²) in [5.74, 6) is -0.941. The largest absolute Gasteiger partial charge is 0.507 e. The fourth-order valence-electron chi connectivity index (χ4n) is 8.48. The minimum Gasteiger partial charge on any atom is -0.507 e. The lowest BCUT2D eigenvalue weighted by Crippen LogP contribution is -2.26. The third-order valence-corrected chi connectivity index (χ3v) is 10.6. The summed E-state index contributed by atoms with van der Waals surface area (Å²) in [7, 11) is 1.48. The number of phenolic OH excluding ortho intramolecular Hbond substituents is 1. The topological polar surface area (TPSA) is 216 Å². The number of benzene rings is 5. The molecule has 0 heterocycles. The van der Waals surface area contributed by atoms with Crippen LogP contribution in [0.4, 0.5) is 5.69 Å². The van der Waals surface area contributed by atoms with Gasteiger partial charge in [-0.25, -0.2) is 0 Å². The standard InChI is InChI=1S/C42H51N3O11/c1-22-17-27-26(5-4-6-43-9-13-55-15-11-46)41(53)35-29(52)19-25(21-49)31-32-24(20-48)18-28(51)34-37(32)38(33(27)36(31)35)39(30(22)23(2)50)42(54-3)40(34)45-8-7-44-10-14-56-16-12-47/h17-19,30,43-49,53H,4-16,20-21H2,1-3H3. The van der Waals surface area contributed by atoms with Gasteiger partial charge in [0.1, 0.15) is 17.3 Å². The van der Waals surface area contributed by atoms with Crippen LogP contribution in [0.25, 0.3) is 49.2 Å². The summed E-state index contributed by atoms with van der Waals surface area (Å²) in [6.07, 6.45) is 2.80. The van der Waals surface area contributed by atoms with Gasteiger partial charge in [0, 0.05) is 48.1 Å². The number of nitrogens with one attached hydrogen (secondary N) is 3. The number of methoxy groups -OCH3 is 1. The molecule has 8 N–H and O–H groups in total. The molecule has 0 aromatic heterocycles. The first-order chi connectivity index (χ1) is 27.2. The highest BCUT2D eigenvalue weighted by molar-refractivity contribution is 6.39. The van der Waals surface area contributed by atoms with Crippen molar-refractivity contribution in [2.45, 2.75) is 45.8 Å². The molecule has 1 unspecified atom stereocenters. The lowest BCUT2D eigenvalue weighted by Gasteiger charge is -2.27. The van der Waals surface area contributed by atoms with Crippen molar-refractivity contribution in [3.8, 4) is 11.5 Å². The predicted molar refractivity (Wildman–Crippen MR) is 217 cm³/mol. The van der Waals surface area contributed by atoms with Crippen LogP contribution in [0, 0.1) is 0 Å². The highest BCUT2D eigenvalue weighted by atomic mass is 16.5. The Kier molecular flexibility index (Phi) is 13.3. The van der Waals surface area contributed by atoms with Crippen LogP contribution in [0.3, 0.4) is 0 Å². The Morgan fingerprint density at radius 2 is 1.32 bits per heavy atom. The zero-order valence-corrected chi connectivity index (χ0v) is 32.1. The smallest absolute Gasteiger partial charge is 0.190 e. The Morgan fingerprint density at radius 3 is 1.89 bits per heavy atom. The average Bonchev–Trinajstić information content (AvgIpc) is 3.31. The van der Waals surface area contributed by atoms with Crippen molar-refractivity contribution in [1.29, 1.82) is 0 Å². The lowest BCUT2D eigenvalue weighted by atomic mass is 9.78. The number of ketones is 1. The number of aliphatic hydroxyl groups excluding tert-OH is 4. The molecule has 0 bridgehead atoms. The van der Waals surface area contributed by atoms with Gasteiger partial charge in [-0.05, 0) is 83.6 Å². The molecule has 0 saturated carbocycles. The van der Waals surface area contributed by atoms with E-state index in [1.54, 1.807) is 0 Å². The molecular formula is C42H51N3O11. The molecule has 1 atom stereocenters. The highest BCUT2D eigenvalue weighted by Crippen LogP contribution is 2.56. The fourth-order valence-corrected chi connectivity index (χ4v) is 8.48. The summed E-state index contributed by atoms with van der Waals surface area (Å²) >= 11 is 0. The van der Waals surface area contributed by atoms with Crippen LogP contribution in [0.5, 0.6) is 11.5 Å². The maximum atomic E-state index is 14.4. The van der Waals surface area contributed by atoms with E-state index < -0.39 is 30.0 Å². The first kappa shape index (κ1) is 41.1. The van der Waals surface area contributed by atoms with Gasteiger partial charge in [-0.1, -0.05) is 11.6 Å². The molecule has 1 aliphatic carbocycles. The van der Waals surface area contributed by atoms with E-state index in [0.29, 0.717) is 125 Å². The van der Waals surface area contributed by atoms with Gasteiger partial charge in [0.2, 0.25) is 0 Å². The van der Waals surface area contributed by atoms with Crippen molar-refractivity contribution >= 4 is 60.6 Å². The first-order valence-corrected chi connectivity index (χ1v) is 19.0. The molecule has 0 saturated heterocycles. The molecule has 56 heavy (non-hydrogen) atoms. The molecular weight excluding hydrogens is 722 g/mol. The second-order valence-corrected chi connectivity index (χ2v) is 14.1. The van der Waals surface area contributed by atoms with E-state index in [4.69, 9.17) is 24.4 Å². The maximum Gasteiger partial charge on any atom is 0.190 e. The van der Waals surface area contributed by atoms with E-state index >= 15 is 0 Å². The molecule has 5 aromatic rings. The van der Waals surface area contributed by atoms with Gasteiger partial charge >= 0.3 is 0 Å². The van der Waals surface area contributed by atoms with E-state index in [0.717, 1.165) is 0 Å². The van der Waals surface area contributed by atoms with Gasteiger partial charge in [-0.15, -0.1) is 0 Å². The van der Waals surface area contributed by atoms with Gasteiger partial charge < -0.3 is 55.7 Å². The molecule has 0 aliphatic heterocycles. The number of carbonyl (C=O) groups is 1. The Balaban J connectivity index is 1.68. The molecule has 0 fully saturated rings. The van der Waals surface area contributed by atoms with Crippen LogP contribution < -0.4 is 31.5 Å². The molecule has 0 radical (unpaired) electrons. The molecule has 0 amide bonds. The second kappa shape index (κ2) is 18.2. The predicted octanol–water partition coefficient (Wildman–Crippen LogP) is 2.23. The van der Waals surface area contributed by atoms with Crippen LogP contribution in [-0.2, 0) is 33.9 Å². The first-order valence-electron chi connectivity index (χ1n) is 19.0. The number of ether oxygens (including phenoxy) is 3. The number of Topliss-reactive ketones (excluding diaryl/α,β-unsaturated/α-hetero) is 1. The number of fused-ring (bicyclic) bond motifs is 1. The minimum atomic E-state index is -0.847. The van der Waals surface area contributed by atoms with E-state index in [9.17, 15) is 29.7 Å². The molecule has 1 aliphatic rings. The van der Waals surface area contributed by atoms with E-state index in [2.05, 4.69) is 16.0 Å². The minimum absolute atomic E-state index is 0.0543. The normalized spacial score (nSPS) is 14.1. The van der Waals surface area contributed by atoms with Crippen molar-refractivity contribution in [2.75, 3.05) is 84.8 Å². The zero-order chi connectivity index (χ0) is 40.1. The van der Waals surface area contributed by atoms with Crippen molar-refractivity contribution in [3.63, 3.8) is 0 Å². The molecule has 14 heteroatoms. The van der Waals surface area contributed by atoms with E-state index in [1.807, 2.05) is 13.0 Å². The number of anilines is 1. The van der Waals surface area contributed by atoms with Crippen molar-refractivity contribution in [1.82, 2.24) is 10.6 Å². The summed E-state index contributed by atoms with van der Waals surface area (Å²) in [5.41, 5.74) is 2.31. The lowest BCUT2D eigenvalue weighted by molar-refractivity contribution is -0.117. The second-order valence-electron chi connectivity index (χ2n) is 14.1. The van der Waals surface area contributed by atoms with Crippen LogP contribution in [0.2, 0.25) is 0 Å². The summed E-state index contributed by atoms with van der Waals surface area (Å²) in [4.78, 5) is 42.3. The SMILES string of the molecule is COc1c(NCCNCCOCCO)c2c(=O)cc(CO)c3c4c(CO)cc(=O)c5c(O)c(CCCNCCOCCO)c6c(c(c1C(C(C)=O)C(C)=C6)c23)c54. The Bertz CT molecular complexity index is 2380. The summed E-state index contributed by atoms with van der Waals surface area (Å²) in [6, 6.07) is 2.66. The van der Waals surface area contributed by atoms with Crippen LogP contribution in [-0.4, -0.2) is 111 Å². The maximum absolute atomic E-state index is 14.4. The number of aliphatic hydroxyl groups is 4. The van der Waals surface area contributed by atoms with Crippen molar-refractivity contribution < 1.29 is 44.5 Å². The van der Waals surface area contributed by atoms with Crippen molar-refractivity contribution in [3.05, 3.63) is 66.0 Å². The average molecular weight is 774 g/mol. The molecule has 6 rings (SSSR count). The van der Waals surface area contributed by atoms with Crippen LogP contribution >= 0.6 is 0 Å². The molecule has 14 nitrogen and oxygen atoms in total. The number of aromatic hydroxyl groups is 1. The van der Waals surface area contributed by atoms with Gasteiger partial charge in [0.05, 0.1) is 82.3 Å². The van der Waals surface area contributed by atoms with Crippen LogP contribution in [0.1, 0.15) is 54.0 Å². The van der Waals surface area contributed by atoms with Crippen LogP contribution in [0.15, 0.2) is 27.3 Å². The van der Waals surface area contributed by atoms with E-state index in [-0.39, 0.29) is 59.9 Å². The quantitative estimate of drug-likeness (QED) is 0.0288. The van der Waals surface area contributed by atoms with Gasteiger partial charge in [-0.3, -0.25) is 14.4 Å². The van der Waals surface area contributed by atoms with E-state index in [1.165, 1.54) is 26.2 Å². The Hall–Kier alpha value is -4.51. The summed E-state index contributed by atoms with van der Waals surface area (Å²) in [5, 5.41) is 64.8. The third-order valence-electron chi connectivity index (χ3n) is 10.6. The highest BCUT2D eigenvalue weighted by Gasteiger charge is 2.36. The number of hydrogen-bond donors (Lipinski definition) is 8. The molecule has 5 aromatic carbocycles. The van der Waals surface area contributed by atoms with Gasteiger partial charge in [0.25, 0.3) is 0 Å². The number of rotatable bonds is 22. The number of phenols is 1. The molecule has 300 valence electrons. The Morgan fingerprint density at radius 1 is 0.732 bits per heavy atom. The monoisotopic (exact) mass is 773 g/mol. The third kappa shape index (κ3) is 7.39. The number of carbonyl (C=O) groups excluding carboxylic acids is 1. The number of hydrogen-bond acceptors (Lipinski definition) is 14. The van der Waals surface area contributed by atoms with Gasteiger partial charge in [0.15, 0.2) is 10.9 Å². The summed E-state index contributed by atoms with van der Waals surface area (Å²) in [6.45, 7) is 5.90. The Labute approximate surface area is 323 Å². The van der Waals surface area contributed by atoms with Gasteiger partial charge in [-0.2, -0.15) is 0 Å². The summed E-state index contributed by atoms with van der Waals surface area (Å²) < 4.78 is 16.9. The number of allylic oxidation sites excluding steroid dienone is 1. The zero-order valence-electron chi connectivity index (χ0n) is 32.1. The molecule has 0 spiro atoms.